The normalized spacial score (nSPS) is 11.7. The van der Waals surface area contributed by atoms with Gasteiger partial charge in [-0.25, -0.2) is 0 Å². The fraction of sp³-hybridized carbons (Fsp3) is 0.462. The average molecular weight is 282 g/mol. The Bertz CT molecular complexity index is 490. The van der Waals surface area contributed by atoms with E-state index in [1.54, 1.807) is 6.07 Å². The molecule has 1 atom stereocenters. The van der Waals surface area contributed by atoms with E-state index in [0.717, 1.165) is 0 Å². The Morgan fingerprint density at radius 1 is 1.50 bits per heavy atom. The Morgan fingerprint density at radius 3 is 2.70 bits per heavy atom. The molecule has 20 heavy (non-hydrogen) atoms. The molecule has 7 heteroatoms. The van der Waals surface area contributed by atoms with Crippen LogP contribution in [0.4, 0.5) is 11.4 Å². The molecule has 110 valence electrons. The van der Waals surface area contributed by atoms with Crippen molar-refractivity contribution in [3.63, 3.8) is 0 Å². The molecule has 2 N–H and O–H groups in total. The summed E-state index contributed by atoms with van der Waals surface area (Å²) in [4.78, 5) is 21.0. The zero-order valence-electron chi connectivity index (χ0n) is 11.5. The standard InChI is InChI=1S/C13H18N2O5/c1-3-9(4-13(16)17)8-14-10-5-11(15(18)19)7-12(6-10)20-2/h5-7,9,14H,3-4,8H2,1-2H3,(H,16,17). The van der Waals surface area contributed by atoms with E-state index in [2.05, 4.69) is 5.32 Å². The molecule has 0 aromatic heterocycles. The first kappa shape index (κ1) is 15.7. The first-order valence-electron chi connectivity index (χ1n) is 6.25. The summed E-state index contributed by atoms with van der Waals surface area (Å²) >= 11 is 0. The zero-order valence-corrected chi connectivity index (χ0v) is 11.5. The maximum absolute atomic E-state index is 10.8. The molecule has 1 unspecified atom stereocenters. The van der Waals surface area contributed by atoms with Crippen LogP contribution < -0.4 is 10.1 Å². The third-order valence-electron chi connectivity index (χ3n) is 2.97. The third kappa shape index (κ3) is 4.75. The molecule has 0 aliphatic heterocycles. The Hall–Kier alpha value is -2.31. The fourth-order valence-corrected chi connectivity index (χ4v) is 1.78. The highest BCUT2D eigenvalue weighted by Gasteiger charge is 2.13. The van der Waals surface area contributed by atoms with E-state index >= 15 is 0 Å². The number of benzene rings is 1. The van der Waals surface area contributed by atoms with Crippen LogP contribution in [0.5, 0.6) is 5.75 Å². The number of hydrogen-bond acceptors (Lipinski definition) is 5. The van der Waals surface area contributed by atoms with Crippen LogP contribution in [0.15, 0.2) is 18.2 Å². The summed E-state index contributed by atoms with van der Waals surface area (Å²) in [5, 5.41) is 22.6. The zero-order chi connectivity index (χ0) is 15.1. The molecule has 0 amide bonds. The topological polar surface area (TPSA) is 102 Å². The van der Waals surface area contributed by atoms with Crippen LogP contribution in [-0.2, 0) is 4.79 Å². The van der Waals surface area contributed by atoms with Crippen molar-refractivity contribution in [1.82, 2.24) is 0 Å². The highest BCUT2D eigenvalue weighted by atomic mass is 16.6. The predicted molar refractivity (Wildman–Crippen MR) is 74.2 cm³/mol. The second-order valence-electron chi connectivity index (χ2n) is 4.43. The number of carboxylic acid groups (broad SMARTS) is 1. The quantitative estimate of drug-likeness (QED) is 0.561. The molecule has 1 aromatic rings. The monoisotopic (exact) mass is 282 g/mol. The van der Waals surface area contributed by atoms with Gasteiger partial charge in [-0.05, 0) is 5.92 Å². The van der Waals surface area contributed by atoms with E-state index in [1.165, 1.54) is 19.2 Å². The lowest BCUT2D eigenvalue weighted by Gasteiger charge is -2.14. The first-order valence-corrected chi connectivity index (χ1v) is 6.25. The van der Waals surface area contributed by atoms with E-state index < -0.39 is 10.9 Å². The summed E-state index contributed by atoms with van der Waals surface area (Å²) < 4.78 is 5.00. The molecule has 0 saturated carbocycles. The number of aliphatic carboxylic acids is 1. The van der Waals surface area contributed by atoms with E-state index in [0.29, 0.717) is 24.4 Å². The van der Waals surface area contributed by atoms with Crippen molar-refractivity contribution in [1.29, 1.82) is 0 Å². The summed E-state index contributed by atoms with van der Waals surface area (Å²) in [6.45, 7) is 2.34. The molecule has 0 saturated heterocycles. The highest BCUT2D eigenvalue weighted by molar-refractivity contribution is 5.67. The maximum Gasteiger partial charge on any atom is 0.303 e. The molecular formula is C13H18N2O5. The number of carboxylic acids is 1. The Morgan fingerprint density at radius 2 is 2.20 bits per heavy atom. The van der Waals surface area contributed by atoms with Crippen molar-refractivity contribution in [2.24, 2.45) is 5.92 Å². The molecule has 0 bridgehead atoms. The molecule has 0 heterocycles. The SMILES string of the molecule is CCC(CNc1cc(OC)cc([N+](=O)[O-])c1)CC(=O)O. The second-order valence-corrected chi connectivity index (χ2v) is 4.43. The minimum atomic E-state index is -0.852. The number of hydrogen-bond donors (Lipinski definition) is 2. The molecule has 1 rings (SSSR count). The van der Waals surface area contributed by atoms with Crippen LogP contribution in [0.25, 0.3) is 0 Å². The van der Waals surface area contributed by atoms with Crippen molar-refractivity contribution in [2.45, 2.75) is 19.8 Å². The molecule has 0 aliphatic carbocycles. The van der Waals surface area contributed by atoms with Gasteiger partial charge in [0.2, 0.25) is 0 Å². The van der Waals surface area contributed by atoms with Gasteiger partial charge < -0.3 is 15.2 Å². The van der Waals surface area contributed by atoms with Crippen LogP contribution in [0.1, 0.15) is 19.8 Å². The van der Waals surface area contributed by atoms with Crippen molar-refractivity contribution >= 4 is 17.3 Å². The summed E-state index contributed by atoms with van der Waals surface area (Å²) in [5.74, 6) is -0.499. The smallest absolute Gasteiger partial charge is 0.303 e. The number of anilines is 1. The fourth-order valence-electron chi connectivity index (χ4n) is 1.78. The third-order valence-corrected chi connectivity index (χ3v) is 2.97. The van der Waals surface area contributed by atoms with E-state index in [1.807, 2.05) is 6.92 Å². The number of nitrogens with zero attached hydrogens (tertiary/aromatic N) is 1. The number of nitro groups is 1. The Kier molecular flexibility index (Phi) is 5.76. The number of ether oxygens (including phenoxy) is 1. The van der Waals surface area contributed by atoms with Gasteiger partial charge in [0.25, 0.3) is 5.69 Å². The van der Waals surface area contributed by atoms with Crippen molar-refractivity contribution in [2.75, 3.05) is 19.0 Å². The predicted octanol–water partition coefficient (Wildman–Crippen LogP) is 2.52. The van der Waals surface area contributed by atoms with Crippen molar-refractivity contribution in [3.05, 3.63) is 28.3 Å². The number of nitro benzene ring substituents is 1. The number of nitrogens with one attached hydrogen (secondary N) is 1. The van der Waals surface area contributed by atoms with E-state index in [9.17, 15) is 14.9 Å². The molecule has 0 fully saturated rings. The van der Waals surface area contributed by atoms with Gasteiger partial charge >= 0.3 is 5.97 Å². The van der Waals surface area contributed by atoms with Crippen LogP contribution >= 0.6 is 0 Å². The van der Waals surface area contributed by atoms with Crippen molar-refractivity contribution < 1.29 is 19.6 Å². The first-order chi connectivity index (χ1) is 9.46. The minimum Gasteiger partial charge on any atom is -0.496 e. The molecule has 0 spiro atoms. The number of carbonyl (C=O) groups is 1. The van der Waals surface area contributed by atoms with Crippen LogP contribution in [-0.4, -0.2) is 29.7 Å². The average Bonchev–Trinajstić information content (AvgIpc) is 2.42. The molecule has 7 nitrogen and oxygen atoms in total. The minimum absolute atomic E-state index is 0.0299. The molecule has 0 radical (unpaired) electrons. The van der Waals surface area contributed by atoms with Gasteiger partial charge in [-0.2, -0.15) is 0 Å². The van der Waals surface area contributed by atoms with E-state index in [4.69, 9.17) is 9.84 Å². The van der Waals surface area contributed by atoms with Gasteiger partial charge in [-0.3, -0.25) is 14.9 Å². The van der Waals surface area contributed by atoms with Gasteiger partial charge in [-0.1, -0.05) is 13.3 Å². The lowest BCUT2D eigenvalue weighted by molar-refractivity contribution is -0.384. The summed E-state index contributed by atoms with van der Waals surface area (Å²) in [6, 6.07) is 4.37. The summed E-state index contributed by atoms with van der Waals surface area (Å²) in [5.41, 5.74) is 0.470. The van der Waals surface area contributed by atoms with Gasteiger partial charge in [0.05, 0.1) is 18.1 Å². The van der Waals surface area contributed by atoms with Crippen molar-refractivity contribution in [3.8, 4) is 5.75 Å². The van der Waals surface area contributed by atoms with Gasteiger partial charge in [0, 0.05) is 30.8 Å². The molecule has 0 aliphatic rings. The molecular weight excluding hydrogens is 264 g/mol. The van der Waals surface area contributed by atoms with Gasteiger partial charge in [0.15, 0.2) is 0 Å². The Labute approximate surface area is 116 Å². The second kappa shape index (κ2) is 7.32. The van der Waals surface area contributed by atoms with Crippen LogP contribution in [0.3, 0.4) is 0 Å². The largest absolute Gasteiger partial charge is 0.496 e. The maximum atomic E-state index is 10.8. The van der Waals surface area contributed by atoms with Gasteiger partial charge in [0.1, 0.15) is 5.75 Å². The van der Waals surface area contributed by atoms with E-state index in [-0.39, 0.29) is 18.0 Å². The number of methoxy groups -OCH3 is 1. The van der Waals surface area contributed by atoms with Crippen LogP contribution in [0, 0.1) is 16.0 Å². The summed E-state index contributed by atoms with van der Waals surface area (Å²) in [7, 11) is 1.43. The van der Waals surface area contributed by atoms with Crippen LogP contribution in [0.2, 0.25) is 0 Å². The highest BCUT2D eigenvalue weighted by Crippen LogP contribution is 2.26. The lowest BCUT2D eigenvalue weighted by atomic mass is 10.0. The molecule has 1 aromatic carbocycles. The number of rotatable bonds is 8. The number of non-ortho nitro benzene ring substituents is 1. The summed E-state index contributed by atoms with van der Waals surface area (Å²) in [6.07, 6.45) is 0.779. The van der Waals surface area contributed by atoms with Gasteiger partial charge in [-0.15, -0.1) is 0 Å². The lowest BCUT2D eigenvalue weighted by Crippen LogP contribution is -2.17. The Balaban J connectivity index is 2.78.